The fraction of sp³-hybridized carbons (Fsp3) is 0.647. The number of hydrogen-bond donors (Lipinski definition) is 0. The number of hydrogen-bond acceptors (Lipinski definition) is 15. The van der Waals surface area contributed by atoms with Crippen LogP contribution in [0.5, 0.6) is 17.2 Å². The van der Waals surface area contributed by atoms with Crippen molar-refractivity contribution in [3.05, 3.63) is 54.2 Å². The standard InChI is InChI=1S/C51H79NO14/c1-8-11-14-17-20-23-26-33-61-46(55)39-51(50(58)64-35-28-25-22-19-16-13-10-3,40-47(56)62-34-27-24-21-18-15-12-9-2)66-45(54)31-30-44(53)65-48-42(59-6)37-41(38-43(48)60-7)49(57)63-36-29-32-52(4)5/h23-28,37-38H,8-22,29-36,39-40H2,1-7H3/b26-23-,27-24-,28-25-. The molecule has 15 nitrogen and oxygen atoms in total. The molecule has 0 amide bonds. The predicted octanol–water partition coefficient (Wildman–Crippen LogP) is 9.77. The average molecular weight is 930 g/mol. The van der Waals surface area contributed by atoms with Crippen LogP contribution in [0.2, 0.25) is 0 Å². The molecule has 0 aliphatic heterocycles. The van der Waals surface area contributed by atoms with Crippen molar-refractivity contribution >= 4 is 35.8 Å². The highest BCUT2D eigenvalue weighted by molar-refractivity contribution is 5.93. The van der Waals surface area contributed by atoms with E-state index in [1.807, 2.05) is 37.2 Å². The van der Waals surface area contributed by atoms with Gasteiger partial charge in [-0.05, 0) is 71.2 Å². The van der Waals surface area contributed by atoms with Crippen LogP contribution < -0.4 is 14.2 Å². The maximum Gasteiger partial charge on any atom is 0.352 e. The summed E-state index contributed by atoms with van der Waals surface area (Å²) < 4.78 is 43.8. The van der Waals surface area contributed by atoms with Crippen LogP contribution in [-0.4, -0.2) is 108 Å². The molecule has 0 fully saturated rings. The summed E-state index contributed by atoms with van der Waals surface area (Å²) in [6, 6.07) is 2.67. The molecule has 0 heterocycles. The van der Waals surface area contributed by atoms with Gasteiger partial charge in [-0.1, -0.05) is 115 Å². The largest absolute Gasteiger partial charge is 0.493 e. The van der Waals surface area contributed by atoms with E-state index in [-0.39, 0.29) is 49.2 Å². The van der Waals surface area contributed by atoms with Crippen molar-refractivity contribution in [3.8, 4) is 17.2 Å². The molecule has 0 unspecified atom stereocenters. The molecule has 15 heteroatoms. The molecular formula is C51H79NO14. The van der Waals surface area contributed by atoms with Crippen LogP contribution >= 0.6 is 0 Å². The Labute approximate surface area is 393 Å². The van der Waals surface area contributed by atoms with Gasteiger partial charge in [-0.3, -0.25) is 19.2 Å². The van der Waals surface area contributed by atoms with Crippen LogP contribution in [0.4, 0.5) is 0 Å². The summed E-state index contributed by atoms with van der Waals surface area (Å²) in [7, 11) is 6.44. The molecule has 1 rings (SSSR count). The Balaban J connectivity index is 3.33. The number of unbranched alkanes of at least 4 members (excludes halogenated alkanes) is 12. The topological polar surface area (TPSA) is 179 Å². The van der Waals surface area contributed by atoms with Crippen molar-refractivity contribution in [3.63, 3.8) is 0 Å². The zero-order valence-corrected chi connectivity index (χ0v) is 41.0. The summed E-state index contributed by atoms with van der Waals surface area (Å²) in [4.78, 5) is 82.4. The normalized spacial score (nSPS) is 11.6. The summed E-state index contributed by atoms with van der Waals surface area (Å²) in [6.45, 7) is 6.83. The highest BCUT2D eigenvalue weighted by atomic mass is 16.6. The van der Waals surface area contributed by atoms with Gasteiger partial charge in [0.15, 0.2) is 11.5 Å². The molecule has 1 aromatic rings. The van der Waals surface area contributed by atoms with Crippen LogP contribution in [0.1, 0.15) is 160 Å². The predicted molar refractivity (Wildman–Crippen MR) is 252 cm³/mol. The van der Waals surface area contributed by atoms with Crippen molar-refractivity contribution in [2.24, 2.45) is 0 Å². The fourth-order valence-electron chi connectivity index (χ4n) is 6.42. The number of esters is 6. The van der Waals surface area contributed by atoms with E-state index in [9.17, 15) is 28.8 Å². The minimum atomic E-state index is -2.50. The second-order valence-electron chi connectivity index (χ2n) is 16.2. The zero-order valence-electron chi connectivity index (χ0n) is 41.0. The molecule has 66 heavy (non-hydrogen) atoms. The summed E-state index contributed by atoms with van der Waals surface area (Å²) in [5.74, 6) is -5.89. The number of benzene rings is 1. The maximum atomic E-state index is 14.0. The molecule has 0 atom stereocenters. The lowest BCUT2D eigenvalue weighted by Crippen LogP contribution is -2.48. The van der Waals surface area contributed by atoms with Crippen LogP contribution in [0.3, 0.4) is 0 Å². The highest BCUT2D eigenvalue weighted by Gasteiger charge is 2.49. The number of ether oxygens (including phenoxy) is 8. The van der Waals surface area contributed by atoms with E-state index < -0.39 is 67.1 Å². The average Bonchev–Trinajstić information content (AvgIpc) is 3.29. The number of allylic oxidation sites excluding steroid dienone is 3. The van der Waals surface area contributed by atoms with E-state index in [1.54, 1.807) is 18.2 Å². The van der Waals surface area contributed by atoms with Gasteiger partial charge in [-0.25, -0.2) is 9.59 Å². The van der Waals surface area contributed by atoms with Gasteiger partial charge in [0, 0.05) is 6.54 Å². The molecule has 0 saturated heterocycles. The van der Waals surface area contributed by atoms with E-state index >= 15 is 0 Å². The quantitative estimate of drug-likeness (QED) is 0.0201. The SMILES string of the molecule is CCCCCC/C=C\COC(=O)CC(CC(=O)OC/C=C\CCCCCC)(OC(=O)CCC(=O)Oc1c(OC)cc(C(=O)OCCCN(C)C)cc1OC)C(=O)OC/C=C\CCCCCC. The van der Waals surface area contributed by atoms with Gasteiger partial charge >= 0.3 is 35.8 Å². The van der Waals surface area contributed by atoms with Gasteiger partial charge in [0.1, 0.15) is 19.8 Å². The molecule has 0 aromatic heterocycles. The Morgan fingerprint density at radius 1 is 0.545 bits per heavy atom. The van der Waals surface area contributed by atoms with Crippen LogP contribution in [0, 0.1) is 0 Å². The highest BCUT2D eigenvalue weighted by Crippen LogP contribution is 2.39. The van der Waals surface area contributed by atoms with Gasteiger partial charge in [0.2, 0.25) is 11.4 Å². The molecule has 0 aliphatic rings. The van der Waals surface area contributed by atoms with E-state index in [1.165, 1.54) is 26.4 Å². The molecular weight excluding hydrogens is 851 g/mol. The lowest BCUT2D eigenvalue weighted by molar-refractivity contribution is -0.190. The first-order chi connectivity index (χ1) is 31.9. The Bertz CT molecular complexity index is 1600. The second-order valence-corrected chi connectivity index (χ2v) is 16.2. The summed E-state index contributed by atoms with van der Waals surface area (Å²) in [5, 5.41) is 0. The minimum Gasteiger partial charge on any atom is -0.493 e. The Morgan fingerprint density at radius 3 is 1.44 bits per heavy atom. The van der Waals surface area contributed by atoms with Crippen molar-refractivity contribution in [1.82, 2.24) is 4.90 Å². The van der Waals surface area contributed by atoms with Gasteiger partial charge in [-0.15, -0.1) is 0 Å². The van der Waals surface area contributed by atoms with Gasteiger partial charge in [-0.2, -0.15) is 0 Å². The van der Waals surface area contributed by atoms with Crippen LogP contribution in [-0.2, 0) is 47.7 Å². The Morgan fingerprint density at radius 2 is 1.00 bits per heavy atom. The summed E-state index contributed by atoms with van der Waals surface area (Å²) >= 11 is 0. The maximum absolute atomic E-state index is 14.0. The minimum absolute atomic E-state index is 0.0167. The number of methoxy groups -OCH3 is 2. The lowest BCUT2D eigenvalue weighted by atomic mass is 9.94. The monoisotopic (exact) mass is 930 g/mol. The first kappa shape index (κ1) is 58.8. The van der Waals surface area contributed by atoms with Gasteiger partial charge < -0.3 is 42.8 Å². The first-order valence-corrected chi connectivity index (χ1v) is 23.8. The van der Waals surface area contributed by atoms with E-state index in [2.05, 4.69) is 20.8 Å². The molecule has 0 spiro atoms. The molecule has 0 N–H and O–H groups in total. The first-order valence-electron chi connectivity index (χ1n) is 23.8. The molecule has 0 radical (unpaired) electrons. The number of carbonyl (C=O) groups excluding carboxylic acids is 6. The van der Waals surface area contributed by atoms with E-state index in [4.69, 9.17) is 37.9 Å². The van der Waals surface area contributed by atoms with Crippen molar-refractivity contribution < 1.29 is 66.7 Å². The summed E-state index contributed by atoms with van der Waals surface area (Å²) in [6.07, 6.45) is 23.5. The van der Waals surface area contributed by atoms with E-state index in [0.717, 1.165) is 103 Å². The third-order valence-electron chi connectivity index (χ3n) is 10.1. The number of carbonyl (C=O) groups is 6. The fourth-order valence-corrected chi connectivity index (χ4v) is 6.42. The lowest BCUT2D eigenvalue weighted by Gasteiger charge is -2.29. The third-order valence-corrected chi connectivity index (χ3v) is 10.1. The van der Waals surface area contributed by atoms with Crippen molar-refractivity contribution in [1.29, 1.82) is 0 Å². The van der Waals surface area contributed by atoms with Crippen LogP contribution in [0.15, 0.2) is 48.6 Å². The van der Waals surface area contributed by atoms with Crippen molar-refractivity contribution in [2.75, 3.05) is 61.3 Å². The van der Waals surface area contributed by atoms with Crippen molar-refractivity contribution in [2.45, 2.75) is 155 Å². The number of rotatable bonds is 38. The van der Waals surface area contributed by atoms with Gasteiger partial charge in [0.25, 0.3) is 0 Å². The molecule has 0 saturated carbocycles. The molecule has 0 bridgehead atoms. The third kappa shape index (κ3) is 26.7. The second kappa shape index (κ2) is 37.0. The Hall–Kier alpha value is -5.18. The van der Waals surface area contributed by atoms with Gasteiger partial charge in [0.05, 0.1) is 52.1 Å². The van der Waals surface area contributed by atoms with Crippen LogP contribution in [0.25, 0.3) is 0 Å². The smallest absolute Gasteiger partial charge is 0.352 e. The molecule has 1 aromatic carbocycles. The summed E-state index contributed by atoms with van der Waals surface area (Å²) in [5.41, 5.74) is -2.40. The zero-order chi connectivity index (χ0) is 48.8. The molecule has 0 aliphatic carbocycles. The van der Waals surface area contributed by atoms with E-state index in [0.29, 0.717) is 6.42 Å². The number of nitrogens with zero attached hydrogens (tertiary/aromatic N) is 1. The Kier molecular flexibility index (Phi) is 33.0. The molecule has 372 valence electrons.